The van der Waals surface area contributed by atoms with Gasteiger partial charge in [-0.05, 0) is 25.3 Å². The third-order valence-corrected chi connectivity index (χ3v) is 4.14. The maximum atomic E-state index is 11.5. The number of hydrogen-bond donors (Lipinski definition) is 1. The summed E-state index contributed by atoms with van der Waals surface area (Å²) in [5.41, 5.74) is 5.81. The van der Waals surface area contributed by atoms with Crippen LogP contribution in [0.1, 0.15) is 32.6 Å². The van der Waals surface area contributed by atoms with Crippen molar-refractivity contribution in [1.82, 2.24) is 9.80 Å². The Morgan fingerprint density at radius 2 is 1.84 bits per heavy atom. The fourth-order valence-corrected chi connectivity index (χ4v) is 2.94. The monoisotopic (exact) mass is 289 g/mol. The Morgan fingerprint density at radius 1 is 1.21 bits per heavy atom. The molecule has 2 rings (SSSR count). The highest BCUT2D eigenvalue weighted by Crippen LogP contribution is 2.22. The van der Waals surface area contributed by atoms with Crippen molar-refractivity contribution in [3.05, 3.63) is 0 Å². The molecule has 110 valence electrons. The van der Waals surface area contributed by atoms with Crippen LogP contribution >= 0.6 is 12.4 Å². The highest BCUT2D eigenvalue weighted by molar-refractivity contribution is 6.01. The molecule has 2 unspecified atom stereocenters. The van der Waals surface area contributed by atoms with Gasteiger partial charge in [-0.2, -0.15) is 0 Å². The maximum absolute atomic E-state index is 11.5. The number of likely N-dealkylation sites (tertiary alicyclic amines) is 2. The number of hydrogen-bond acceptors (Lipinski definition) is 4. The van der Waals surface area contributed by atoms with Crippen molar-refractivity contribution in [3.63, 3.8) is 0 Å². The molecule has 0 bridgehead atoms. The van der Waals surface area contributed by atoms with Crippen LogP contribution in [-0.2, 0) is 9.59 Å². The molecule has 0 aromatic carbocycles. The number of nitrogens with two attached hydrogens (primary N) is 1. The first-order valence-corrected chi connectivity index (χ1v) is 6.89. The first-order valence-electron chi connectivity index (χ1n) is 6.89. The average molecular weight is 290 g/mol. The van der Waals surface area contributed by atoms with Crippen molar-refractivity contribution in [1.29, 1.82) is 0 Å². The van der Waals surface area contributed by atoms with Crippen molar-refractivity contribution in [2.24, 2.45) is 11.7 Å². The van der Waals surface area contributed by atoms with Crippen LogP contribution in [-0.4, -0.2) is 53.8 Å². The van der Waals surface area contributed by atoms with Crippen LogP contribution in [0.4, 0.5) is 0 Å². The van der Waals surface area contributed by atoms with Crippen LogP contribution in [0.25, 0.3) is 0 Å². The number of imide groups is 1. The Balaban J connectivity index is 0.00000180. The zero-order valence-corrected chi connectivity index (χ0v) is 12.3. The fraction of sp³-hybridized carbons (Fsp3) is 0.846. The lowest BCUT2D eigenvalue weighted by molar-refractivity contribution is -0.138. The molecule has 0 saturated carbocycles. The molecule has 2 aliphatic rings. The molecule has 0 radical (unpaired) electrons. The molecular weight excluding hydrogens is 266 g/mol. The fourth-order valence-electron chi connectivity index (χ4n) is 2.94. The van der Waals surface area contributed by atoms with Gasteiger partial charge in [0.1, 0.15) is 0 Å². The van der Waals surface area contributed by atoms with Crippen LogP contribution in [0.3, 0.4) is 0 Å². The molecule has 5 nitrogen and oxygen atoms in total. The van der Waals surface area contributed by atoms with Gasteiger partial charge < -0.3 is 5.73 Å². The van der Waals surface area contributed by atoms with Gasteiger partial charge in [-0.3, -0.25) is 19.4 Å². The molecule has 0 aromatic heterocycles. The number of carbonyl (C=O) groups excluding carboxylic acids is 2. The molecule has 2 aliphatic heterocycles. The summed E-state index contributed by atoms with van der Waals surface area (Å²) in [5.74, 6) is 0.689. The van der Waals surface area contributed by atoms with Crippen LogP contribution in [0.2, 0.25) is 0 Å². The predicted octanol–water partition coefficient (Wildman–Crippen LogP) is 0.616. The van der Waals surface area contributed by atoms with E-state index in [2.05, 4.69) is 11.8 Å². The summed E-state index contributed by atoms with van der Waals surface area (Å²) in [4.78, 5) is 26.8. The summed E-state index contributed by atoms with van der Waals surface area (Å²) in [6.45, 7) is 5.24. The SMILES string of the molecule is CC1CCN(CCN2C(=O)CCC2=O)C(CN)C1.Cl. The Bertz CT molecular complexity index is 322. The molecule has 19 heavy (non-hydrogen) atoms. The lowest BCUT2D eigenvalue weighted by Crippen LogP contribution is -2.49. The quantitative estimate of drug-likeness (QED) is 0.771. The zero-order chi connectivity index (χ0) is 13.1. The van der Waals surface area contributed by atoms with Gasteiger partial charge in [0.2, 0.25) is 11.8 Å². The minimum Gasteiger partial charge on any atom is -0.329 e. The summed E-state index contributed by atoms with van der Waals surface area (Å²) < 4.78 is 0. The van der Waals surface area contributed by atoms with Crippen molar-refractivity contribution in [2.45, 2.75) is 38.6 Å². The van der Waals surface area contributed by atoms with E-state index in [1.54, 1.807) is 0 Å². The normalized spacial score (nSPS) is 28.6. The second-order valence-corrected chi connectivity index (χ2v) is 5.49. The van der Waals surface area contributed by atoms with Crippen molar-refractivity contribution < 1.29 is 9.59 Å². The molecule has 2 amide bonds. The Morgan fingerprint density at radius 3 is 2.42 bits per heavy atom. The number of piperidine rings is 1. The van der Waals surface area contributed by atoms with Gasteiger partial charge >= 0.3 is 0 Å². The predicted molar refractivity (Wildman–Crippen MR) is 76.0 cm³/mol. The third kappa shape index (κ3) is 3.91. The van der Waals surface area contributed by atoms with E-state index in [1.807, 2.05) is 0 Å². The Kier molecular flexibility index (Phi) is 6.23. The summed E-state index contributed by atoms with van der Waals surface area (Å²) in [5, 5.41) is 0. The Labute approximate surface area is 120 Å². The lowest BCUT2D eigenvalue weighted by atomic mass is 9.92. The lowest BCUT2D eigenvalue weighted by Gasteiger charge is -2.38. The number of nitrogens with zero attached hydrogens (tertiary/aromatic N) is 2. The van der Waals surface area contributed by atoms with E-state index in [1.165, 1.54) is 11.3 Å². The number of carbonyl (C=O) groups is 2. The summed E-state index contributed by atoms with van der Waals surface area (Å²) in [6.07, 6.45) is 3.07. The van der Waals surface area contributed by atoms with E-state index >= 15 is 0 Å². The number of rotatable bonds is 4. The van der Waals surface area contributed by atoms with Gasteiger partial charge in [0, 0.05) is 38.5 Å². The highest BCUT2D eigenvalue weighted by Gasteiger charge is 2.30. The average Bonchev–Trinajstić information content (AvgIpc) is 2.68. The highest BCUT2D eigenvalue weighted by atomic mass is 35.5. The molecule has 2 atom stereocenters. The van der Waals surface area contributed by atoms with Crippen LogP contribution in [0.5, 0.6) is 0 Å². The summed E-state index contributed by atoms with van der Waals surface area (Å²) in [6, 6.07) is 0.404. The molecule has 2 N–H and O–H groups in total. The van der Waals surface area contributed by atoms with E-state index in [0.717, 1.165) is 25.4 Å². The molecule has 2 fully saturated rings. The maximum Gasteiger partial charge on any atom is 0.229 e. The molecule has 0 spiro atoms. The third-order valence-electron chi connectivity index (χ3n) is 4.14. The van der Waals surface area contributed by atoms with Crippen molar-refractivity contribution >= 4 is 24.2 Å². The van der Waals surface area contributed by atoms with Gasteiger partial charge in [0.05, 0.1) is 0 Å². The molecule has 0 aliphatic carbocycles. The Hall–Kier alpha value is -0.650. The van der Waals surface area contributed by atoms with E-state index < -0.39 is 0 Å². The second kappa shape index (κ2) is 7.22. The smallest absolute Gasteiger partial charge is 0.229 e. The molecule has 0 aromatic rings. The molecule has 2 heterocycles. The molecule has 6 heteroatoms. The zero-order valence-electron chi connectivity index (χ0n) is 11.5. The standard InChI is InChI=1S/C13H23N3O2.ClH/c1-10-4-5-15(11(8-10)9-14)6-7-16-12(17)2-3-13(16)18;/h10-11H,2-9,14H2,1H3;1H. The van der Waals surface area contributed by atoms with Crippen molar-refractivity contribution in [3.8, 4) is 0 Å². The van der Waals surface area contributed by atoms with Gasteiger partial charge in [-0.25, -0.2) is 0 Å². The van der Waals surface area contributed by atoms with Gasteiger partial charge in [0.25, 0.3) is 0 Å². The van der Waals surface area contributed by atoms with E-state index in [-0.39, 0.29) is 24.2 Å². The topological polar surface area (TPSA) is 66.6 Å². The number of amides is 2. The first kappa shape index (κ1) is 16.4. The summed E-state index contributed by atoms with van der Waals surface area (Å²) in [7, 11) is 0. The summed E-state index contributed by atoms with van der Waals surface area (Å²) >= 11 is 0. The van der Waals surface area contributed by atoms with E-state index in [4.69, 9.17) is 5.73 Å². The minimum atomic E-state index is -0.0188. The number of halogens is 1. The van der Waals surface area contributed by atoms with Crippen LogP contribution in [0.15, 0.2) is 0 Å². The van der Waals surface area contributed by atoms with E-state index in [0.29, 0.717) is 32.0 Å². The minimum absolute atomic E-state index is 0. The molecular formula is C13H24ClN3O2. The first-order chi connectivity index (χ1) is 8.61. The van der Waals surface area contributed by atoms with Crippen LogP contribution < -0.4 is 5.73 Å². The van der Waals surface area contributed by atoms with Gasteiger partial charge in [0.15, 0.2) is 0 Å². The van der Waals surface area contributed by atoms with E-state index in [9.17, 15) is 9.59 Å². The van der Waals surface area contributed by atoms with Gasteiger partial charge in [-0.15, -0.1) is 12.4 Å². The second-order valence-electron chi connectivity index (χ2n) is 5.49. The largest absolute Gasteiger partial charge is 0.329 e. The van der Waals surface area contributed by atoms with Crippen LogP contribution in [0, 0.1) is 5.92 Å². The van der Waals surface area contributed by atoms with Crippen molar-refractivity contribution in [2.75, 3.05) is 26.2 Å². The molecule has 2 saturated heterocycles. The van der Waals surface area contributed by atoms with Gasteiger partial charge in [-0.1, -0.05) is 6.92 Å².